The van der Waals surface area contributed by atoms with E-state index in [-0.39, 0.29) is 28.0 Å². The van der Waals surface area contributed by atoms with Gasteiger partial charge in [-0.1, -0.05) is 27.7 Å². The summed E-state index contributed by atoms with van der Waals surface area (Å²) in [5, 5.41) is 9.25. The Labute approximate surface area is 144 Å². The summed E-state index contributed by atoms with van der Waals surface area (Å²) in [5.41, 5.74) is 1.20. The first-order chi connectivity index (χ1) is 11.1. The number of ketones is 1. The van der Waals surface area contributed by atoms with Crippen molar-refractivity contribution in [3.8, 4) is 0 Å². The van der Waals surface area contributed by atoms with Gasteiger partial charge in [-0.15, -0.1) is 11.3 Å². The minimum Gasteiger partial charge on any atom is -0.475 e. The number of nitrogens with zero attached hydrogens (tertiary/aromatic N) is 3. The molecular weight excluding hydrogens is 326 g/mol. The molecule has 0 aliphatic heterocycles. The highest BCUT2D eigenvalue weighted by atomic mass is 32.1. The van der Waals surface area contributed by atoms with Gasteiger partial charge in [0.2, 0.25) is 11.6 Å². The van der Waals surface area contributed by atoms with Crippen molar-refractivity contribution >= 4 is 23.1 Å². The second-order valence-electron chi connectivity index (χ2n) is 7.39. The maximum absolute atomic E-state index is 12.7. The van der Waals surface area contributed by atoms with E-state index in [0.29, 0.717) is 5.01 Å². The summed E-state index contributed by atoms with van der Waals surface area (Å²) in [6.45, 7) is 8.66. The van der Waals surface area contributed by atoms with Crippen LogP contribution in [0.5, 0.6) is 0 Å². The second kappa shape index (κ2) is 5.44. The molecule has 7 heteroatoms. The van der Waals surface area contributed by atoms with Crippen LogP contribution in [0.25, 0.3) is 0 Å². The fraction of sp³-hybridized carbons (Fsp3) is 0.471. The van der Waals surface area contributed by atoms with Crippen molar-refractivity contribution in [2.45, 2.75) is 51.4 Å². The number of aromatic nitrogens is 3. The van der Waals surface area contributed by atoms with Gasteiger partial charge >= 0.3 is 5.97 Å². The summed E-state index contributed by atoms with van der Waals surface area (Å²) in [4.78, 5) is 36.7. The Morgan fingerprint density at radius 1 is 1.08 bits per heavy atom. The Morgan fingerprint density at radius 2 is 1.67 bits per heavy atom. The molecule has 0 bridgehead atoms. The van der Waals surface area contributed by atoms with Crippen molar-refractivity contribution in [2.24, 2.45) is 0 Å². The molecule has 0 saturated heterocycles. The first-order valence-corrected chi connectivity index (χ1v) is 8.55. The van der Waals surface area contributed by atoms with Gasteiger partial charge in [0, 0.05) is 28.1 Å². The topological polar surface area (TPSA) is 93.0 Å². The lowest BCUT2D eigenvalue weighted by Gasteiger charge is -2.37. The summed E-state index contributed by atoms with van der Waals surface area (Å²) in [6.07, 6.45) is 4.57. The zero-order valence-electron chi connectivity index (χ0n) is 14.1. The van der Waals surface area contributed by atoms with Crippen LogP contribution in [0.4, 0.5) is 0 Å². The molecule has 0 radical (unpaired) electrons. The van der Waals surface area contributed by atoms with E-state index in [2.05, 4.69) is 42.6 Å². The average molecular weight is 345 g/mol. The number of carboxylic acid groups (broad SMARTS) is 1. The van der Waals surface area contributed by atoms with Crippen LogP contribution in [-0.2, 0) is 10.8 Å². The minimum atomic E-state index is -1.22. The van der Waals surface area contributed by atoms with Crippen molar-refractivity contribution in [3.05, 3.63) is 39.4 Å². The minimum absolute atomic E-state index is 0.00468. The van der Waals surface area contributed by atoms with Crippen molar-refractivity contribution in [1.29, 1.82) is 0 Å². The number of fused-ring (bicyclic) bond motifs is 1. The van der Waals surface area contributed by atoms with E-state index in [1.807, 2.05) is 0 Å². The van der Waals surface area contributed by atoms with Crippen LogP contribution in [0.3, 0.4) is 0 Å². The van der Waals surface area contributed by atoms with E-state index in [9.17, 15) is 9.59 Å². The molecule has 0 saturated carbocycles. The van der Waals surface area contributed by atoms with Gasteiger partial charge < -0.3 is 5.11 Å². The van der Waals surface area contributed by atoms with Crippen molar-refractivity contribution in [1.82, 2.24) is 15.0 Å². The number of carbonyl (C=O) groups is 2. The standard InChI is InChI=1S/C17H19N3O3S/c1-16(2)5-6-17(3,4)12-11(16)20-14(24-12)10(21)9-7-18-13(15(22)23)19-8-9/h7-8H,5-6H2,1-4H3,(H,22,23). The molecule has 3 rings (SSSR count). The number of carboxylic acids is 1. The van der Waals surface area contributed by atoms with Gasteiger partial charge in [0.15, 0.2) is 5.01 Å². The molecule has 126 valence electrons. The van der Waals surface area contributed by atoms with E-state index < -0.39 is 5.97 Å². The highest BCUT2D eigenvalue weighted by molar-refractivity contribution is 7.14. The third kappa shape index (κ3) is 2.73. The van der Waals surface area contributed by atoms with Crippen LogP contribution in [0.15, 0.2) is 12.4 Å². The fourth-order valence-electron chi connectivity index (χ4n) is 2.87. The monoisotopic (exact) mass is 345 g/mol. The molecule has 24 heavy (non-hydrogen) atoms. The highest BCUT2D eigenvalue weighted by Crippen LogP contribution is 2.48. The van der Waals surface area contributed by atoms with Crippen molar-refractivity contribution in [2.75, 3.05) is 0 Å². The second-order valence-corrected chi connectivity index (χ2v) is 8.39. The lowest BCUT2D eigenvalue weighted by Crippen LogP contribution is -2.32. The number of thiazole rings is 1. The van der Waals surface area contributed by atoms with E-state index in [0.717, 1.165) is 23.4 Å². The lowest BCUT2D eigenvalue weighted by atomic mass is 9.69. The van der Waals surface area contributed by atoms with Crippen LogP contribution in [0, 0.1) is 0 Å². The highest BCUT2D eigenvalue weighted by Gasteiger charge is 2.41. The normalized spacial score (nSPS) is 18.0. The molecule has 0 spiro atoms. The molecule has 0 atom stereocenters. The molecule has 1 N–H and O–H groups in total. The Bertz CT molecular complexity index is 789. The summed E-state index contributed by atoms with van der Waals surface area (Å²) in [6, 6.07) is 0. The predicted octanol–water partition coefficient (Wildman–Crippen LogP) is 3.21. The van der Waals surface area contributed by atoms with Crippen molar-refractivity contribution in [3.63, 3.8) is 0 Å². The number of carbonyl (C=O) groups excluding carboxylic acids is 1. The smallest absolute Gasteiger partial charge is 0.373 e. The van der Waals surface area contributed by atoms with Gasteiger partial charge in [-0.3, -0.25) is 4.79 Å². The number of rotatable bonds is 3. The van der Waals surface area contributed by atoms with E-state index in [1.54, 1.807) is 0 Å². The van der Waals surface area contributed by atoms with Gasteiger partial charge in [-0.25, -0.2) is 19.7 Å². The zero-order chi connectivity index (χ0) is 17.7. The summed E-state index contributed by atoms with van der Waals surface area (Å²) in [7, 11) is 0. The molecule has 2 heterocycles. The Kier molecular flexibility index (Phi) is 3.79. The summed E-state index contributed by atoms with van der Waals surface area (Å²) < 4.78 is 0. The molecule has 1 aliphatic carbocycles. The van der Waals surface area contributed by atoms with Crippen LogP contribution < -0.4 is 0 Å². The third-order valence-electron chi connectivity index (χ3n) is 4.56. The number of aromatic carboxylic acids is 1. The maximum atomic E-state index is 12.7. The molecule has 6 nitrogen and oxygen atoms in total. The molecular formula is C17H19N3O3S. The molecule has 0 aromatic carbocycles. The van der Waals surface area contributed by atoms with Gasteiger partial charge in [-0.2, -0.15) is 0 Å². The zero-order valence-corrected chi connectivity index (χ0v) is 14.9. The summed E-state index contributed by atoms with van der Waals surface area (Å²) >= 11 is 1.43. The first-order valence-electron chi connectivity index (χ1n) is 7.74. The lowest BCUT2D eigenvalue weighted by molar-refractivity contribution is 0.0682. The van der Waals surface area contributed by atoms with Gasteiger partial charge in [0.1, 0.15) is 0 Å². The third-order valence-corrected chi connectivity index (χ3v) is 5.98. The van der Waals surface area contributed by atoms with Crippen molar-refractivity contribution < 1.29 is 14.7 Å². The number of hydrogen-bond acceptors (Lipinski definition) is 6. The molecule has 1 aliphatic rings. The quantitative estimate of drug-likeness (QED) is 0.859. The largest absolute Gasteiger partial charge is 0.475 e. The van der Waals surface area contributed by atoms with E-state index >= 15 is 0 Å². The van der Waals surface area contributed by atoms with E-state index in [1.165, 1.54) is 23.7 Å². The van der Waals surface area contributed by atoms with Crippen LogP contribution in [-0.4, -0.2) is 31.8 Å². The first kappa shape index (κ1) is 16.7. The van der Waals surface area contributed by atoms with Gasteiger partial charge in [0.25, 0.3) is 0 Å². The van der Waals surface area contributed by atoms with E-state index in [4.69, 9.17) is 5.11 Å². The molecule has 0 unspecified atom stereocenters. The predicted molar refractivity (Wildman–Crippen MR) is 89.8 cm³/mol. The average Bonchev–Trinajstić information content (AvgIpc) is 2.99. The Balaban J connectivity index is 2.00. The number of hydrogen-bond donors (Lipinski definition) is 1. The van der Waals surface area contributed by atoms with Crippen LogP contribution >= 0.6 is 11.3 Å². The molecule has 2 aromatic heterocycles. The Hall–Kier alpha value is -2.15. The molecule has 0 fully saturated rings. The maximum Gasteiger partial charge on any atom is 0.373 e. The fourth-order valence-corrected chi connectivity index (χ4v) is 4.21. The van der Waals surface area contributed by atoms with Gasteiger partial charge in [-0.05, 0) is 12.8 Å². The van der Waals surface area contributed by atoms with Crippen LogP contribution in [0.2, 0.25) is 0 Å². The SMILES string of the molecule is CC1(C)CCC(C)(C)c2sc(C(=O)c3cnc(C(=O)O)nc3)nc21. The molecule has 2 aromatic rings. The molecule has 0 amide bonds. The van der Waals surface area contributed by atoms with Crippen LogP contribution in [0.1, 0.15) is 77.1 Å². The summed E-state index contributed by atoms with van der Waals surface area (Å²) in [5.74, 6) is -1.81. The Morgan fingerprint density at radius 3 is 2.21 bits per heavy atom. The van der Waals surface area contributed by atoms with Gasteiger partial charge in [0.05, 0.1) is 11.3 Å².